The van der Waals surface area contributed by atoms with Gasteiger partial charge >= 0.3 is 0 Å². The number of hydrogen-bond acceptors (Lipinski definition) is 2. The lowest BCUT2D eigenvalue weighted by molar-refractivity contribution is -0.116. The SMILES string of the molecule is O=C1CCCCCCCCCC/C1=C/O. The summed E-state index contributed by atoms with van der Waals surface area (Å²) >= 11 is 0. The largest absolute Gasteiger partial charge is 0.515 e. The molecule has 0 amide bonds. The van der Waals surface area contributed by atoms with Crippen LogP contribution in [0.2, 0.25) is 0 Å². The molecule has 1 fully saturated rings. The monoisotopic (exact) mass is 210 g/mol. The van der Waals surface area contributed by atoms with Crippen LogP contribution in [-0.4, -0.2) is 10.9 Å². The molecule has 0 spiro atoms. The Hall–Kier alpha value is -0.790. The van der Waals surface area contributed by atoms with Crippen molar-refractivity contribution in [3.05, 3.63) is 11.8 Å². The Morgan fingerprint density at radius 3 is 1.80 bits per heavy atom. The van der Waals surface area contributed by atoms with Crippen LogP contribution < -0.4 is 0 Å². The highest BCUT2D eigenvalue weighted by Gasteiger charge is 2.09. The highest BCUT2D eigenvalue weighted by atomic mass is 16.2. The lowest BCUT2D eigenvalue weighted by Crippen LogP contribution is -2.03. The number of rotatable bonds is 0. The molecule has 0 radical (unpaired) electrons. The average Bonchev–Trinajstić information content (AvgIpc) is 2.23. The first-order chi connectivity index (χ1) is 7.34. The molecule has 0 saturated heterocycles. The van der Waals surface area contributed by atoms with Crippen LogP contribution in [0.5, 0.6) is 0 Å². The fourth-order valence-electron chi connectivity index (χ4n) is 2.10. The van der Waals surface area contributed by atoms with Crippen LogP contribution in [0, 0.1) is 0 Å². The summed E-state index contributed by atoms with van der Waals surface area (Å²) in [7, 11) is 0. The predicted octanol–water partition coefficient (Wildman–Crippen LogP) is 3.91. The second kappa shape index (κ2) is 7.49. The molecule has 2 heteroatoms. The van der Waals surface area contributed by atoms with Crippen LogP contribution in [0.4, 0.5) is 0 Å². The van der Waals surface area contributed by atoms with Crippen LogP contribution in [-0.2, 0) is 4.79 Å². The van der Waals surface area contributed by atoms with Crippen molar-refractivity contribution in [2.45, 2.75) is 64.2 Å². The maximum Gasteiger partial charge on any atom is 0.161 e. The molecular formula is C13H22O2. The molecule has 0 bridgehead atoms. The third-order valence-electron chi connectivity index (χ3n) is 3.11. The van der Waals surface area contributed by atoms with Gasteiger partial charge in [0.15, 0.2) is 5.78 Å². The highest BCUT2D eigenvalue weighted by Crippen LogP contribution is 2.17. The number of ketones is 1. The van der Waals surface area contributed by atoms with Crippen molar-refractivity contribution in [2.75, 3.05) is 0 Å². The summed E-state index contributed by atoms with van der Waals surface area (Å²) in [6.07, 6.45) is 11.9. The molecule has 86 valence electrons. The van der Waals surface area contributed by atoms with E-state index in [9.17, 15) is 4.79 Å². The van der Waals surface area contributed by atoms with Crippen LogP contribution >= 0.6 is 0 Å². The zero-order valence-corrected chi connectivity index (χ0v) is 9.50. The second-order valence-electron chi connectivity index (χ2n) is 4.41. The van der Waals surface area contributed by atoms with Crippen molar-refractivity contribution in [3.8, 4) is 0 Å². The Balaban J connectivity index is 2.41. The molecule has 0 unspecified atom stereocenters. The van der Waals surface area contributed by atoms with E-state index in [0.29, 0.717) is 12.0 Å². The molecule has 0 aromatic rings. The van der Waals surface area contributed by atoms with E-state index in [1.54, 1.807) is 0 Å². The quantitative estimate of drug-likeness (QED) is 0.486. The first kappa shape index (κ1) is 12.3. The van der Waals surface area contributed by atoms with Crippen molar-refractivity contribution >= 4 is 5.78 Å². The Kier molecular flexibility index (Phi) is 6.14. The number of aliphatic hydroxyl groups is 1. The van der Waals surface area contributed by atoms with Gasteiger partial charge in [-0.05, 0) is 19.3 Å². The number of hydrogen-bond donors (Lipinski definition) is 1. The first-order valence-corrected chi connectivity index (χ1v) is 6.21. The van der Waals surface area contributed by atoms with Gasteiger partial charge in [-0.1, -0.05) is 38.5 Å². The van der Waals surface area contributed by atoms with E-state index in [1.165, 1.54) is 32.1 Å². The molecule has 1 aliphatic rings. The average molecular weight is 210 g/mol. The Bertz CT molecular complexity index is 219. The Labute approximate surface area is 92.4 Å². The van der Waals surface area contributed by atoms with Gasteiger partial charge in [0.05, 0.1) is 6.26 Å². The van der Waals surface area contributed by atoms with Gasteiger partial charge < -0.3 is 5.11 Å². The van der Waals surface area contributed by atoms with E-state index < -0.39 is 0 Å². The summed E-state index contributed by atoms with van der Waals surface area (Å²) < 4.78 is 0. The molecule has 15 heavy (non-hydrogen) atoms. The van der Waals surface area contributed by atoms with E-state index in [0.717, 1.165) is 31.9 Å². The van der Waals surface area contributed by atoms with Crippen LogP contribution in [0.1, 0.15) is 64.2 Å². The van der Waals surface area contributed by atoms with Gasteiger partial charge in [-0.3, -0.25) is 4.79 Å². The van der Waals surface area contributed by atoms with Gasteiger partial charge in [0.1, 0.15) is 0 Å². The van der Waals surface area contributed by atoms with E-state index in [2.05, 4.69) is 0 Å². The van der Waals surface area contributed by atoms with Gasteiger partial charge in [0, 0.05) is 12.0 Å². The zero-order chi connectivity index (χ0) is 10.9. The highest BCUT2D eigenvalue weighted by molar-refractivity contribution is 5.94. The van der Waals surface area contributed by atoms with Gasteiger partial charge in [0.2, 0.25) is 0 Å². The van der Waals surface area contributed by atoms with Crippen molar-refractivity contribution in [3.63, 3.8) is 0 Å². The molecule has 1 N–H and O–H groups in total. The summed E-state index contributed by atoms with van der Waals surface area (Å²) in [4.78, 5) is 11.6. The van der Waals surface area contributed by atoms with Crippen LogP contribution in [0.3, 0.4) is 0 Å². The normalized spacial score (nSPS) is 24.5. The van der Waals surface area contributed by atoms with Crippen molar-refractivity contribution in [1.82, 2.24) is 0 Å². The maximum atomic E-state index is 11.6. The first-order valence-electron chi connectivity index (χ1n) is 6.21. The zero-order valence-electron chi connectivity index (χ0n) is 9.50. The molecule has 2 nitrogen and oxygen atoms in total. The summed E-state index contributed by atoms with van der Waals surface area (Å²) in [5.74, 6) is 0.151. The maximum absolute atomic E-state index is 11.6. The molecular weight excluding hydrogens is 188 g/mol. The molecule has 0 heterocycles. The Morgan fingerprint density at radius 1 is 0.800 bits per heavy atom. The minimum absolute atomic E-state index is 0.151. The number of Topliss-reactive ketones (excluding diaryl/α,β-unsaturated/α-hetero) is 1. The molecule has 0 aromatic carbocycles. The molecule has 0 aliphatic heterocycles. The summed E-state index contributed by atoms with van der Waals surface area (Å²) in [6.45, 7) is 0. The number of aliphatic hydroxyl groups excluding tert-OH is 1. The van der Waals surface area contributed by atoms with Crippen LogP contribution in [0.15, 0.2) is 11.8 Å². The molecule has 0 aromatic heterocycles. The standard InChI is InChI=1S/C13H22O2/c14-11-12-9-7-5-3-1-2-4-6-8-10-13(12)15/h11,14H,1-10H2/b12-11-. The van der Waals surface area contributed by atoms with E-state index in [-0.39, 0.29) is 5.78 Å². The van der Waals surface area contributed by atoms with Gasteiger partial charge in [-0.15, -0.1) is 0 Å². The molecule has 1 rings (SSSR count). The summed E-state index contributed by atoms with van der Waals surface area (Å²) in [6, 6.07) is 0. The molecule has 0 atom stereocenters. The van der Waals surface area contributed by atoms with Gasteiger partial charge in [-0.25, -0.2) is 0 Å². The minimum Gasteiger partial charge on any atom is -0.515 e. The third kappa shape index (κ3) is 5.01. The smallest absolute Gasteiger partial charge is 0.161 e. The number of carbonyl (C=O) groups is 1. The Morgan fingerprint density at radius 2 is 1.27 bits per heavy atom. The summed E-state index contributed by atoms with van der Waals surface area (Å²) in [5.41, 5.74) is 0.635. The topological polar surface area (TPSA) is 37.3 Å². The van der Waals surface area contributed by atoms with E-state index >= 15 is 0 Å². The molecule has 1 aliphatic carbocycles. The fourth-order valence-corrected chi connectivity index (χ4v) is 2.10. The van der Waals surface area contributed by atoms with Gasteiger partial charge in [0.25, 0.3) is 0 Å². The van der Waals surface area contributed by atoms with Crippen molar-refractivity contribution in [1.29, 1.82) is 0 Å². The van der Waals surface area contributed by atoms with E-state index in [4.69, 9.17) is 5.11 Å². The van der Waals surface area contributed by atoms with Crippen molar-refractivity contribution < 1.29 is 9.90 Å². The lowest BCUT2D eigenvalue weighted by atomic mass is 9.97. The van der Waals surface area contributed by atoms with Gasteiger partial charge in [-0.2, -0.15) is 0 Å². The second-order valence-corrected chi connectivity index (χ2v) is 4.41. The molecule has 1 saturated carbocycles. The van der Waals surface area contributed by atoms with Crippen LogP contribution in [0.25, 0.3) is 0 Å². The van der Waals surface area contributed by atoms with E-state index in [1.807, 2.05) is 0 Å². The van der Waals surface area contributed by atoms with Crippen molar-refractivity contribution in [2.24, 2.45) is 0 Å². The summed E-state index contributed by atoms with van der Waals surface area (Å²) in [5, 5.41) is 8.98. The third-order valence-corrected chi connectivity index (χ3v) is 3.11. The minimum atomic E-state index is 0.151. The number of carbonyl (C=O) groups excluding carboxylic acids is 1. The number of allylic oxidation sites excluding steroid dienone is 1. The lowest BCUT2D eigenvalue weighted by Gasteiger charge is -2.08. The predicted molar refractivity (Wildman–Crippen MR) is 61.9 cm³/mol. The fraction of sp³-hybridized carbons (Fsp3) is 0.769.